The van der Waals surface area contributed by atoms with Crippen LogP contribution in [0.4, 0.5) is 0 Å². The summed E-state index contributed by atoms with van der Waals surface area (Å²) in [5.74, 6) is 0.117. The van der Waals surface area contributed by atoms with Crippen LogP contribution in [0.2, 0.25) is 0 Å². The van der Waals surface area contributed by atoms with Gasteiger partial charge in [0.25, 0.3) is 0 Å². The summed E-state index contributed by atoms with van der Waals surface area (Å²) in [6, 6.07) is 8.43. The lowest BCUT2D eigenvalue weighted by Gasteiger charge is -2.26. The topological polar surface area (TPSA) is 46.3 Å². The van der Waals surface area contributed by atoms with Crippen LogP contribution >= 0.6 is 0 Å². The monoisotopic (exact) mass is 260 g/mol. The first kappa shape index (κ1) is 14.1. The van der Waals surface area contributed by atoms with E-state index in [4.69, 9.17) is 5.73 Å². The van der Waals surface area contributed by atoms with Gasteiger partial charge in [0.1, 0.15) is 0 Å². The number of rotatable bonds is 6. The molecule has 0 aliphatic heterocycles. The minimum absolute atomic E-state index is 0.117. The van der Waals surface area contributed by atoms with E-state index in [9.17, 15) is 4.79 Å². The Morgan fingerprint density at radius 3 is 2.79 bits per heavy atom. The van der Waals surface area contributed by atoms with E-state index in [2.05, 4.69) is 32.0 Å². The number of amides is 1. The molecule has 1 atom stereocenters. The Bertz CT molecular complexity index is 440. The van der Waals surface area contributed by atoms with Crippen molar-refractivity contribution in [3.8, 4) is 0 Å². The summed E-state index contributed by atoms with van der Waals surface area (Å²) in [6.07, 6.45) is 3.97. The fourth-order valence-electron chi connectivity index (χ4n) is 2.43. The van der Waals surface area contributed by atoms with Crippen LogP contribution in [0.5, 0.6) is 0 Å². The molecule has 3 heteroatoms. The van der Waals surface area contributed by atoms with E-state index >= 15 is 0 Å². The molecule has 1 fully saturated rings. The van der Waals surface area contributed by atoms with E-state index in [1.807, 2.05) is 11.0 Å². The molecule has 0 aromatic heterocycles. The van der Waals surface area contributed by atoms with Crippen LogP contribution in [0, 0.1) is 6.92 Å². The van der Waals surface area contributed by atoms with Gasteiger partial charge < -0.3 is 10.6 Å². The lowest BCUT2D eigenvalue weighted by Crippen LogP contribution is -2.44. The average Bonchev–Trinajstić information content (AvgIpc) is 3.20. The van der Waals surface area contributed by atoms with Gasteiger partial charge in [-0.1, -0.05) is 43.2 Å². The highest BCUT2D eigenvalue weighted by atomic mass is 16.2. The Balaban J connectivity index is 2.06. The minimum Gasteiger partial charge on any atom is -0.334 e. The molecule has 3 nitrogen and oxygen atoms in total. The standard InChI is InChI=1S/C16H24N2O/c1-3-5-15(17)16(19)18(14-8-9-14)11-13-7-4-6-12(2)10-13/h4,6-7,10,14-15H,3,5,8-9,11,17H2,1-2H3/t15-/m1/s1. The lowest BCUT2D eigenvalue weighted by atomic mass is 10.1. The van der Waals surface area contributed by atoms with Gasteiger partial charge in [0.15, 0.2) is 0 Å². The van der Waals surface area contributed by atoms with Crippen molar-refractivity contribution in [2.24, 2.45) is 5.73 Å². The summed E-state index contributed by atoms with van der Waals surface area (Å²) in [7, 11) is 0. The number of nitrogens with two attached hydrogens (primary N) is 1. The van der Waals surface area contributed by atoms with Gasteiger partial charge in [0, 0.05) is 12.6 Å². The first-order valence-electron chi connectivity index (χ1n) is 7.23. The SMILES string of the molecule is CCC[C@@H](N)C(=O)N(Cc1cccc(C)c1)C1CC1. The molecule has 104 valence electrons. The van der Waals surface area contributed by atoms with E-state index in [-0.39, 0.29) is 11.9 Å². The first-order valence-corrected chi connectivity index (χ1v) is 7.23. The first-order chi connectivity index (χ1) is 9.11. The van der Waals surface area contributed by atoms with Crippen LogP contribution in [0.1, 0.15) is 43.7 Å². The molecule has 1 aliphatic rings. The number of nitrogens with zero attached hydrogens (tertiary/aromatic N) is 1. The zero-order chi connectivity index (χ0) is 13.8. The molecule has 1 aromatic rings. The number of hydrogen-bond donors (Lipinski definition) is 1. The van der Waals surface area contributed by atoms with E-state index in [0.29, 0.717) is 12.6 Å². The smallest absolute Gasteiger partial charge is 0.240 e. The van der Waals surface area contributed by atoms with Crippen LogP contribution in [-0.4, -0.2) is 22.9 Å². The molecule has 1 aromatic carbocycles. The Morgan fingerprint density at radius 2 is 2.21 bits per heavy atom. The van der Waals surface area contributed by atoms with Crippen molar-refractivity contribution in [2.45, 2.75) is 58.2 Å². The molecule has 19 heavy (non-hydrogen) atoms. The normalized spacial score (nSPS) is 16.2. The maximum atomic E-state index is 12.4. The molecule has 1 aliphatic carbocycles. The van der Waals surface area contributed by atoms with Gasteiger partial charge in [-0.3, -0.25) is 4.79 Å². The summed E-state index contributed by atoms with van der Waals surface area (Å²) in [6.45, 7) is 4.84. The second kappa shape index (κ2) is 6.20. The average molecular weight is 260 g/mol. The molecular formula is C16H24N2O. The summed E-state index contributed by atoms with van der Waals surface area (Å²) in [5.41, 5.74) is 8.42. The zero-order valence-electron chi connectivity index (χ0n) is 11.9. The Morgan fingerprint density at radius 1 is 1.47 bits per heavy atom. The van der Waals surface area contributed by atoms with Crippen molar-refractivity contribution in [1.82, 2.24) is 4.90 Å². The highest BCUT2D eigenvalue weighted by Crippen LogP contribution is 2.29. The summed E-state index contributed by atoms with van der Waals surface area (Å²) in [4.78, 5) is 14.4. The second-order valence-corrected chi connectivity index (χ2v) is 5.58. The van der Waals surface area contributed by atoms with Gasteiger partial charge in [-0.05, 0) is 31.7 Å². The molecule has 0 radical (unpaired) electrons. The van der Waals surface area contributed by atoms with Crippen molar-refractivity contribution in [2.75, 3.05) is 0 Å². The summed E-state index contributed by atoms with van der Waals surface area (Å²) in [5, 5.41) is 0. The van der Waals surface area contributed by atoms with Crippen LogP contribution in [0.15, 0.2) is 24.3 Å². The second-order valence-electron chi connectivity index (χ2n) is 5.58. The molecule has 1 amide bonds. The highest BCUT2D eigenvalue weighted by Gasteiger charge is 2.34. The molecule has 0 saturated heterocycles. The molecule has 1 saturated carbocycles. The highest BCUT2D eigenvalue weighted by molar-refractivity contribution is 5.82. The third-order valence-electron chi connectivity index (χ3n) is 3.62. The predicted molar refractivity (Wildman–Crippen MR) is 77.6 cm³/mol. The fourth-order valence-corrected chi connectivity index (χ4v) is 2.43. The van der Waals surface area contributed by atoms with Crippen molar-refractivity contribution in [3.63, 3.8) is 0 Å². The van der Waals surface area contributed by atoms with Crippen molar-refractivity contribution in [1.29, 1.82) is 0 Å². The van der Waals surface area contributed by atoms with Gasteiger partial charge in [-0.2, -0.15) is 0 Å². The quantitative estimate of drug-likeness (QED) is 0.854. The Hall–Kier alpha value is -1.35. The maximum Gasteiger partial charge on any atom is 0.240 e. The molecule has 2 rings (SSSR count). The minimum atomic E-state index is -0.338. The van der Waals surface area contributed by atoms with Crippen molar-refractivity contribution >= 4 is 5.91 Å². The summed E-state index contributed by atoms with van der Waals surface area (Å²) < 4.78 is 0. The van der Waals surface area contributed by atoms with Gasteiger partial charge in [-0.15, -0.1) is 0 Å². The van der Waals surface area contributed by atoms with Crippen LogP contribution in [0.3, 0.4) is 0 Å². The van der Waals surface area contributed by atoms with Crippen molar-refractivity contribution in [3.05, 3.63) is 35.4 Å². The van der Waals surface area contributed by atoms with Crippen LogP contribution in [-0.2, 0) is 11.3 Å². The third kappa shape index (κ3) is 3.80. The molecule has 0 bridgehead atoms. The van der Waals surface area contributed by atoms with E-state index in [0.717, 1.165) is 25.7 Å². The van der Waals surface area contributed by atoms with E-state index in [1.54, 1.807) is 0 Å². The lowest BCUT2D eigenvalue weighted by molar-refractivity contribution is -0.134. The van der Waals surface area contributed by atoms with Gasteiger partial charge in [0.05, 0.1) is 6.04 Å². The number of carbonyl (C=O) groups is 1. The van der Waals surface area contributed by atoms with Gasteiger partial charge in [-0.25, -0.2) is 0 Å². The molecular weight excluding hydrogens is 236 g/mol. The van der Waals surface area contributed by atoms with Crippen LogP contribution < -0.4 is 5.73 Å². The van der Waals surface area contributed by atoms with Crippen molar-refractivity contribution < 1.29 is 4.79 Å². The predicted octanol–water partition coefficient (Wildman–Crippen LogP) is 2.61. The molecule has 0 unspecified atom stereocenters. The van der Waals surface area contributed by atoms with E-state index < -0.39 is 0 Å². The Kier molecular flexibility index (Phi) is 4.59. The number of aryl methyl sites for hydroxylation is 1. The molecule has 0 heterocycles. The van der Waals surface area contributed by atoms with Crippen LogP contribution in [0.25, 0.3) is 0 Å². The van der Waals surface area contributed by atoms with Gasteiger partial charge in [0.2, 0.25) is 5.91 Å². The van der Waals surface area contributed by atoms with E-state index in [1.165, 1.54) is 11.1 Å². The molecule has 2 N–H and O–H groups in total. The number of benzene rings is 1. The molecule has 0 spiro atoms. The maximum absolute atomic E-state index is 12.4. The number of carbonyl (C=O) groups excluding carboxylic acids is 1. The van der Waals surface area contributed by atoms with Gasteiger partial charge >= 0.3 is 0 Å². The summed E-state index contributed by atoms with van der Waals surface area (Å²) >= 11 is 0. The largest absolute Gasteiger partial charge is 0.334 e. The Labute approximate surface area is 115 Å². The number of hydrogen-bond acceptors (Lipinski definition) is 2. The fraction of sp³-hybridized carbons (Fsp3) is 0.562. The third-order valence-corrected chi connectivity index (χ3v) is 3.62. The zero-order valence-corrected chi connectivity index (χ0v) is 11.9.